The van der Waals surface area contributed by atoms with E-state index in [1.54, 1.807) is 19.9 Å². The highest BCUT2D eigenvalue weighted by atomic mass is 19.1. The molecule has 0 aliphatic heterocycles. The fourth-order valence-electron chi connectivity index (χ4n) is 1.85. The number of nitrogens with one attached hydrogen (secondary N) is 3. The van der Waals surface area contributed by atoms with Gasteiger partial charge in [0, 0.05) is 0 Å². The highest BCUT2D eigenvalue weighted by Crippen LogP contribution is 2.11. The molecule has 1 unspecified atom stereocenters. The quantitative estimate of drug-likeness (QED) is 0.655. The number of rotatable bonds is 7. The maximum absolute atomic E-state index is 13.5. The van der Waals surface area contributed by atoms with Crippen molar-refractivity contribution in [3.8, 4) is 0 Å². The van der Waals surface area contributed by atoms with E-state index >= 15 is 0 Å². The summed E-state index contributed by atoms with van der Waals surface area (Å²) in [6.07, 6.45) is -0.816. The molecule has 3 amide bonds. The minimum absolute atomic E-state index is 0.0267. The molecule has 7 nitrogen and oxygen atoms in total. The van der Waals surface area contributed by atoms with E-state index in [9.17, 15) is 18.8 Å². The number of hydrogen-bond donors (Lipinski definition) is 3. The van der Waals surface area contributed by atoms with Crippen LogP contribution in [0.15, 0.2) is 24.3 Å². The first kappa shape index (κ1) is 18.6. The Kier molecular flexibility index (Phi) is 7.69. The summed E-state index contributed by atoms with van der Waals surface area (Å²) >= 11 is 0. The number of imide groups is 1. The number of para-hydroxylation sites is 1. The van der Waals surface area contributed by atoms with E-state index in [0.717, 1.165) is 0 Å². The van der Waals surface area contributed by atoms with Crippen molar-refractivity contribution in [3.63, 3.8) is 0 Å². The molecule has 0 aromatic heterocycles. The van der Waals surface area contributed by atoms with Crippen LogP contribution >= 0.6 is 0 Å². The summed E-state index contributed by atoms with van der Waals surface area (Å²) in [7, 11) is 0. The number of ether oxygens (including phenoxy) is 1. The number of hydrogen-bond acceptors (Lipinski definition) is 4. The lowest BCUT2D eigenvalue weighted by molar-refractivity contribution is -0.881. The summed E-state index contributed by atoms with van der Waals surface area (Å²) in [4.78, 5) is 35.4. The van der Waals surface area contributed by atoms with Crippen molar-refractivity contribution in [2.24, 2.45) is 0 Å². The Morgan fingerprint density at radius 2 is 1.78 bits per heavy atom. The summed E-state index contributed by atoms with van der Waals surface area (Å²) < 4.78 is 18.1. The van der Waals surface area contributed by atoms with Crippen molar-refractivity contribution in [1.29, 1.82) is 0 Å². The van der Waals surface area contributed by atoms with E-state index < -0.39 is 23.7 Å². The fraction of sp³-hybridized carbons (Fsp3) is 0.400. The number of alkyl carbamates (subject to hydrolysis) is 1. The van der Waals surface area contributed by atoms with Crippen molar-refractivity contribution in [3.05, 3.63) is 30.1 Å². The zero-order valence-electron chi connectivity index (χ0n) is 13.1. The molecule has 1 rings (SSSR count). The molecule has 1 atom stereocenters. The number of benzene rings is 1. The normalized spacial score (nSPS) is 11.4. The van der Waals surface area contributed by atoms with E-state index in [4.69, 9.17) is 0 Å². The van der Waals surface area contributed by atoms with Crippen molar-refractivity contribution < 1.29 is 28.4 Å². The Hall–Kier alpha value is -2.48. The molecular weight excluding hydrogens is 305 g/mol. The number of halogens is 1. The zero-order chi connectivity index (χ0) is 17.2. The Balaban J connectivity index is 2.49. The molecule has 23 heavy (non-hydrogen) atoms. The van der Waals surface area contributed by atoms with Gasteiger partial charge in [-0.1, -0.05) is 12.1 Å². The van der Waals surface area contributed by atoms with Crippen LogP contribution in [0.3, 0.4) is 0 Å². The van der Waals surface area contributed by atoms with Gasteiger partial charge in [-0.05, 0) is 26.0 Å². The van der Waals surface area contributed by atoms with Crippen molar-refractivity contribution in [1.82, 2.24) is 5.32 Å². The summed E-state index contributed by atoms with van der Waals surface area (Å²) in [5, 5.41) is 4.52. The number of anilines is 1. The van der Waals surface area contributed by atoms with Crippen LogP contribution in [-0.4, -0.2) is 44.1 Å². The monoisotopic (exact) mass is 326 g/mol. The molecule has 0 fully saturated rings. The molecule has 8 heteroatoms. The summed E-state index contributed by atoms with van der Waals surface area (Å²) in [6, 6.07) is 5.82. The molecular formula is C15H21FN3O4+. The second-order valence-electron chi connectivity index (χ2n) is 4.75. The highest BCUT2D eigenvalue weighted by molar-refractivity contribution is 5.93. The van der Waals surface area contributed by atoms with Crippen LogP contribution in [-0.2, 0) is 14.3 Å². The van der Waals surface area contributed by atoms with Gasteiger partial charge in [0.2, 0.25) is 0 Å². The molecule has 1 aromatic carbocycles. The number of likely N-dealkylation sites (N-methyl/N-ethyl adjacent to an activating group) is 1. The average molecular weight is 326 g/mol. The van der Waals surface area contributed by atoms with Gasteiger partial charge in [0.15, 0.2) is 13.1 Å². The average Bonchev–Trinajstić information content (AvgIpc) is 2.49. The van der Waals surface area contributed by atoms with Gasteiger partial charge >= 0.3 is 6.09 Å². The van der Waals surface area contributed by atoms with Crippen LogP contribution in [0, 0.1) is 5.82 Å². The molecule has 3 N–H and O–H groups in total. The summed E-state index contributed by atoms with van der Waals surface area (Å²) in [5.41, 5.74) is 0.0870. The van der Waals surface area contributed by atoms with Gasteiger partial charge in [-0.15, -0.1) is 0 Å². The largest absolute Gasteiger partial charge is 0.450 e. The minimum atomic E-state index is -0.816. The predicted octanol–water partition coefficient (Wildman–Crippen LogP) is -0.0583. The molecule has 0 saturated carbocycles. The number of amides is 3. The maximum Gasteiger partial charge on any atom is 0.414 e. The maximum atomic E-state index is 13.5. The Labute approximate surface area is 133 Å². The smallest absolute Gasteiger partial charge is 0.414 e. The second-order valence-corrected chi connectivity index (χ2v) is 4.75. The van der Waals surface area contributed by atoms with Gasteiger partial charge in [0.25, 0.3) is 11.8 Å². The number of carbonyl (C=O) groups is 3. The molecule has 126 valence electrons. The first-order chi connectivity index (χ1) is 11.0. The van der Waals surface area contributed by atoms with Gasteiger partial charge in [0.05, 0.1) is 18.8 Å². The molecule has 0 heterocycles. The van der Waals surface area contributed by atoms with Crippen LogP contribution < -0.4 is 15.5 Å². The number of carbonyl (C=O) groups excluding carboxylic acids is 3. The lowest BCUT2D eigenvalue weighted by atomic mass is 10.3. The van der Waals surface area contributed by atoms with Gasteiger partial charge in [-0.25, -0.2) is 9.18 Å². The first-order valence-electron chi connectivity index (χ1n) is 7.30. The predicted molar refractivity (Wildman–Crippen MR) is 81.4 cm³/mol. The molecule has 1 aromatic rings. The lowest BCUT2D eigenvalue weighted by Crippen LogP contribution is -3.14. The van der Waals surface area contributed by atoms with Crippen LogP contribution in [0.1, 0.15) is 13.8 Å². The molecule has 0 aliphatic carbocycles. The first-order valence-corrected chi connectivity index (χ1v) is 7.30. The van der Waals surface area contributed by atoms with Gasteiger partial charge < -0.3 is 15.0 Å². The van der Waals surface area contributed by atoms with E-state index in [1.807, 2.05) is 0 Å². The Morgan fingerprint density at radius 1 is 1.13 bits per heavy atom. The molecule has 0 radical (unpaired) electrons. The van der Waals surface area contributed by atoms with E-state index in [2.05, 4.69) is 15.4 Å². The molecule has 0 aliphatic rings. The van der Waals surface area contributed by atoms with Crippen molar-refractivity contribution in [2.75, 3.05) is 31.6 Å². The van der Waals surface area contributed by atoms with Crippen molar-refractivity contribution in [2.45, 2.75) is 13.8 Å². The third-order valence-corrected chi connectivity index (χ3v) is 2.99. The summed E-state index contributed by atoms with van der Waals surface area (Å²) in [6.45, 7) is 3.97. The second kappa shape index (κ2) is 9.52. The standard InChI is InChI=1S/C15H20FN3O4/c1-3-19(10-14(21)18-15(22)23-4-2)9-13(20)17-12-8-6-5-7-11(12)16/h5-8H,3-4,9-10H2,1-2H3,(H,17,20)(H,18,21,22)/p+1. The molecule has 0 saturated heterocycles. The van der Waals surface area contributed by atoms with Crippen LogP contribution in [0.25, 0.3) is 0 Å². The van der Waals surface area contributed by atoms with E-state index in [1.165, 1.54) is 18.2 Å². The van der Waals surface area contributed by atoms with Gasteiger partial charge in [0.1, 0.15) is 5.82 Å². The SMILES string of the molecule is CCOC(=O)NC(=O)C[NH+](CC)CC(=O)Nc1ccccc1F. The lowest BCUT2D eigenvalue weighted by Gasteiger charge is -2.16. The third kappa shape index (κ3) is 6.88. The highest BCUT2D eigenvalue weighted by Gasteiger charge is 2.19. The topological polar surface area (TPSA) is 88.9 Å². The molecule has 0 bridgehead atoms. The summed E-state index contributed by atoms with van der Waals surface area (Å²) in [5.74, 6) is -1.49. The van der Waals surface area contributed by atoms with E-state index in [0.29, 0.717) is 11.4 Å². The Bertz CT molecular complexity index is 565. The van der Waals surface area contributed by atoms with Gasteiger partial charge in [-0.2, -0.15) is 0 Å². The van der Waals surface area contributed by atoms with Crippen molar-refractivity contribution >= 4 is 23.6 Å². The van der Waals surface area contributed by atoms with E-state index in [-0.39, 0.29) is 25.4 Å². The van der Waals surface area contributed by atoms with Gasteiger partial charge in [-0.3, -0.25) is 14.9 Å². The third-order valence-electron chi connectivity index (χ3n) is 2.99. The Morgan fingerprint density at radius 3 is 2.39 bits per heavy atom. The van der Waals surface area contributed by atoms with Crippen LogP contribution in [0.2, 0.25) is 0 Å². The minimum Gasteiger partial charge on any atom is -0.450 e. The van der Waals surface area contributed by atoms with Crippen LogP contribution in [0.5, 0.6) is 0 Å². The fourth-order valence-corrected chi connectivity index (χ4v) is 1.85. The van der Waals surface area contributed by atoms with Crippen LogP contribution in [0.4, 0.5) is 14.9 Å². The zero-order valence-corrected chi connectivity index (χ0v) is 13.1. The number of quaternary nitrogens is 1. The molecule has 0 spiro atoms.